The van der Waals surface area contributed by atoms with E-state index in [2.05, 4.69) is 18.0 Å². The van der Waals surface area contributed by atoms with Crippen molar-refractivity contribution in [2.75, 3.05) is 6.61 Å². The second-order valence-electron chi connectivity index (χ2n) is 3.65. The van der Waals surface area contributed by atoms with Crippen molar-refractivity contribution >= 4 is 0 Å². The zero-order valence-electron chi connectivity index (χ0n) is 9.60. The Bertz CT molecular complexity index is 480. The largest absolute Gasteiger partial charge is 0.493 e. The lowest BCUT2D eigenvalue weighted by molar-refractivity contribution is 0.341. The molecule has 82 valence electrons. The Morgan fingerprint density at radius 3 is 2.75 bits per heavy atom. The Hall–Kier alpha value is -1.83. The highest BCUT2D eigenvalue weighted by atomic mass is 16.5. The lowest BCUT2D eigenvalue weighted by Gasteiger charge is -2.09. The molecule has 1 aromatic carbocycles. The van der Waals surface area contributed by atoms with Crippen LogP contribution in [-0.2, 0) is 0 Å². The van der Waals surface area contributed by atoms with E-state index in [1.54, 1.807) is 0 Å². The van der Waals surface area contributed by atoms with Crippen LogP contribution in [0, 0.1) is 6.92 Å². The molecule has 0 aliphatic heterocycles. The van der Waals surface area contributed by atoms with Crippen molar-refractivity contribution in [3.63, 3.8) is 0 Å². The maximum absolute atomic E-state index is 5.59. The van der Waals surface area contributed by atoms with Gasteiger partial charge in [-0.3, -0.25) is 4.98 Å². The number of ether oxygens (including phenoxy) is 1. The first-order valence-corrected chi connectivity index (χ1v) is 5.46. The number of aromatic nitrogens is 1. The van der Waals surface area contributed by atoms with Gasteiger partial charge < -0.3 is 4.74 Å². The average Bonchev–Trinajstić information content (AvgIpc) is 2.30. The molecule has 0 aliphatic rings. The van der Waals surface area contributed by atoms with Crippen LogP contribution in [0.3, 0.4) is 0 Å². The molecular weight excluding hydrogens is 198 g/mol. The molecule has 2 heteroatoms. The molecule has 0 bridgehead atoms. The van der Waals surface area contributed by atoms with E-state index in [9.17, 15) is 0 Å². The second kappa shape index (κ2) is 4.79. The molecule has 0 saturated heterocycles. The first-order valence-electron chi connectivity index (χ1n) is 5.46. The number of para-hydroxylation sites is 1. The molecule has 0 amide bonds. The van der Waals surface area contributed by atoms with E-state index in [4.69, 9.17) is 4.74 Å². The molecule has 1 aromatic heterocycles. The smallest absolute Gasteiger partial charge is 0.128 e. The number of hydrogen-bond donors (Lipinski definition) is 0. The summed E-state index contributed by atoms with van der Waals surface area (Å²) in [5, 5.41) is 0. The number of aryl methyl sites for hydroxylation is 1. The van der Waals surface area contributed by atoms with Crippen LogP contribution >= 0.6 is 0 Å². The Labute approximate surface area is 95.9 Å². The van der Waals surface area contributed by atoms with Crippen LogP contribution in [0.25, 0.3) is 11.3 Å². The van der Waals surface area contributed by atoms with E-state index < -0.39 is 0 Å². The van der Waals surface area contributed by atoms with Crippen LogP contribution in [-0.4, -0.2) is 11.6 Å². The summed E-state index contributed by atoms with van der Waals surface area (Å²) in [6.45, 7) is 4.72. The molecule has 16 heavy (non-hydrogen) atoms. The molecule has 0 saturated carbocycles. The summed E-state index contributed by atoms with van der Waals surface area (Å²) in [5.74, 6) is 0.892. The van der Waals surface area contributed by atoms with Crippen LogP contribution in [0.15, 0.2) is 42.6 Å². The van der Waals surface area contributed by atoms with Crippen molar-refractivity contribution in [1.82, 2.24) is 4.98 Å². The first-order chi connectivity index (χ1) is 7.81. The van der Waals surface area contributed by atoms with Crippen molar-refractivity contribution in [2.45, 2.75) is 13.8 Å². The van der Waals surface area contributed by atoms with Crippen LogP contribution in [0.5, 0.6) is 5.75 Å². The number of rotatable bonds is 3. The highest BCUT2D eigenvalue weighted by Crippen LogP contribution is 2.28. The third kappa shape index (κ3) is 2.22. The predicted octanol–water partition coefficient (Wildman–Crippen LogP) is 3.46. The molecule has 0 unspecified atom stereocenters. The topological polar surface area (TPSA) is 22.1 Å². The SMILES string of the molecule is CCOc1ccccc1-c1cc(C)ccn1. The molecule has 2 aromatic rings. The number of benzene rings is 1. The zero-order chi connectivity index (χ0) is 11.4. The monoisotopic (exact) mass is 213 g/mol. The van der Waals surface area contributed by atoms with Gasteiger partial charge in [0.2, 0.25) is 0 Å². The highest BCUT2D eigenvalue weighted by molar-refractivity contribution is 5.67. The fourth-order valence-electron chi connectivity index (χ4n) is 1.64. The molecule has 0 radical (unpaired) electrons. The molecule has 0 fully saturated rings. The van der Waals surface area contributed by atoms with Crippen molar-refractivity contribution in [2.24, 2.45) is 0 Å². The third-order valence-corrected chi connectivity index (χ3v) is 2.38. The molecule has 2 nitrogen and oxygen atoms in total. The van der Waals surface area contributed by atoms with Gasteiger partial charge >= 0.3 is 0 Å². The van der Waals surface area contributed by atoms with E-state index in [1.807, 2.05) is 43.5 Å². The minimum Gasteiger partial charge on any atom is -0.493 e. The van der Waals surface area contributed by atoms with Gasteiger partial charge in [0.1, 0.15) is 5.75 Å². The minimum absolute atomic E-state index is 0.669. The van der Waals surface area contributed by atoms with Crippen molar-refractivity contribution in [3.8, 4) is 17.0 Å². The normalized spacial score (nSPS) is 10.1. The van der Waals surface area contributed by atoms with Crippen molar-refractivity contribution in [3.05, 3.63) is 48.2 Å². The maximum Gasteiger partial charge on any atom is 0.128 e. The molecular formula is C14H15NO. The Balaban J connectivity index is 2.46. The molecule has 1 heterocycles. The fraction of sp³-hybridized carbons (Fsp3) is 0.214. The highest BCUT2D eigenvalue weighted by Gasteiger charge is 2.05. The summed E-state index contributed by atoms with van der Waals surface area (Å²) >= 11 is 0. The molecule has 0 spiro atoms. The number of pyridine rings is 1. The maximum atomic E-state index is 5.59. The summed E-state index contributed by atoms with van der Waals surface area (Å²) in [6.07, 6.45) is 1.83. The summed E-state index contributed by atoms with van der Waals surface area (Å²) in [4.78, 5) is 4.37. The predicted molar refractivity (Wildman–Crippen MR) is 65.6 cm³/mol. The van der Waals surface area contributed by atoms with Gasteiger partial charge in [-0.25, -0.2) is 0 Å². The van der Waals surface area contributed by atoms with Crippen LogP contribution in [0.1, 0.15) is 12.5 Å². The van der Waals surface area contributed by atoms with Crippen LogP contribution < -0.4 is 4.74 Å². The first kappa shape index (κ1) is 10.7. The third-order valence-electron chi connectivity index (χ3n) is 2.38. The molecule has 2 rings (SSSR count). The van der Waals surface area contributed by atoms with E-state index in [0.717, 1.165) is 17.0 Å². The molecule has 0 atom stereocenters. The van der Waals surface area contributed by atoms with Gasteiger partial charge in [-0.15, -0.1) is 0 Å². The second-order valence-corrected chi connectivity index (χ2v) is 3.65. The average molecular weight is 213 g/mol. The van der Waals surface area contributed by atoms with Crippen molar-refractivity contribution < 1.29 is 4.74 Å². The van der Waals surface area contributed by atoms with E-state index in [-0.39, 0.29) is 0 Å². The van der Waals surface area contributed by atoms with Crippen molar-refractivity contribution in [1.29, 1.82) is 0 Å². The molecule has 0 aliphatic carbocycles. The Morgan fingerprint density at radius 2 is 2.00 bits per heavy atom. The Morgan fingerprint density at radius 1 is 1.19 bits per heavy atom. The van der Waals surface area contributed by atoms with Gasteiger partial charge in [0.25, 0.3) is 0 Å². The van der Waals surface area contributed by atoms with Gasteiger partial charge in [0, 0.05) is 11.8 Å². The van der Waals surface area contributed by atoms with Gasteiger partial charge in [-0.2, -0.15) is 0 Å². The summed E-state index contributed by atoms with van der Waals surface area (Å²) < 4.78 is 5.59. The van der Waals surface area contributed by atoms with E-state index in [0.29, 0.717) is 6.61 Å². The van der Waals surface area contributed by atoms with Gasteiger partial charge in [-0.1, -0.05) is 12.1 Å². The van der Waals surface area contributed by atoms with Gasteiger partial charge in [0.05, 0.1) is 12.3 Å². The lowest BCUT2D eigenvalue weighted by atomic mass is 10.1. The van der Waals surface area contributed by atoms with Gasteiger partial charge in [-0.05, 0) is 43.7 Å². The molecule has 0 N–H and O–H groups in total. The summed E-state index contributed by atoms with van der Waals surface area (Å²) in [7, 11) is 0. The van der Waals surface area contributed by atoms with Gasteiger partial charge in [0.15, 0.2) is 0 Å². The van der Waals surface area contributed by atoms with E-state index >= 15 is 0 Å². The minimum atomic E-state index is 0.669. The van der Waals surface area contributed by atoms with E-state index in [1.165, 1.54) is 5.56 Å². The Kier molecular flexibility index (Phi) is 3.20. The number of hydrogen-bond acceptors (Lipinski definition) is 2. The summed E-state index contributed by atoms with van der Waals surface area (Å²) in [6, 6.07) is 12.0. The quantitative estimate of drug-likeness (QED) is 0.779. The summed E-state index contributed by atoms with van der Waals surface area (Å²) in [5.41, 5.74) is 3.22. The lowest BCUT2D eigenvalue weighted by Crippen LogP contribution is -1.94. The zero-order valence-corrected chi connectivity index (χ0v) is 9.60. The number of nitrogens with zero attached hydrogens (tertiary/aromatic N) is 1. The fourth-order valence-corrected chi connectivity index (χ4v) is 1.64. The standard InChI is InChI=1S/C14H15NO/c1-3-16-14-7-5-4-6-12(14)13-10-11(2)8-9-15-13/h4-10H,3H2,1-2H3. The van der Waals surface area contributed by atoms with Crippen LogP contribution in [0.2, 0.25) is 0 Å². The van der Waals surface area contributed by atoms with Crippen LogP contribution in [0.4, 0.5) is 0 Å².